The zero-order chi connectivity index (χ0) is 12.5. The number of aromatic amines is 1. The molecule has 0 aliphatic heterocycles. The van der Waals surface area contributed by atoms with Crippen molar-refractivity contribution < 1.29 is 9.90 Å². The fourth-order valence-corrected chi connectivity index (χ4v) is 1.87. The van der Waals surface area contributed by atoms with Gasteiger partial charge in [0.25, 0.3) is 0 Å². The highest BCUT2D eigenvalue weighted by Crippen LogP contribution is 2.21. The molecule has 1 aromatic carbocycles. The molecule has 0 radical (unpaired) electrons. The smallest absolute Gasteiger partial charge is 0.311 e. The predicted octanol–water partition coefficient (Wildman–Crippen LogP) is 0.771. The number of nitrogens with one attached hydrogen (secondary N) is 1. The molecule has 3 rings (SSSR count). The van der Waals surface area contributed by atoms with Crippen LogP contribution in [0.5, 0.6) is 0 Å². The van der Waals surface area contributed by atoms with Crippen molar-refractivity contribution in [2.45, 2.75) is 6.42 Å². The summed E-state index contributed by atoms with van der Waals surface area (Å²) in [4.78, 5) is 13.8. The van der Waals surface area contributed by atoms with Crippen molar-refractivity contribution >= 4 is 16.9 Å². The monoisotopic (exact) mass is 243 g/mol. The highest BCUT2D eigenvalue weighted by Gasteiger charge is 2.14. The first kappa shape index (κ1) is 10.5. The van der Waals surface area contributed by atoms with Gasteiger partial charge in [0.15, 0.2) is 5.82 Å². The number of hydrogen-bond acceptors (Lipinski definition) is 4. The van der Waals surface area contributed by atoms with E-state index in [1.165, 1.54) is 4.68 Å². The molecule has 0 saturated heterocycles. The first-order valence-corrected chi connectivity index (χ1v) is 5.31. The Labute approximate surface area is 101 Å². The summed E-state index contributed by atoms with van der Waals surface area (Å²) >= 11 is 0. The molecule has 0 fully saturated rings. The largest absolute Gasteiger partial charge is 0.481 e. The van der Waals surface area contributed by atoms with E-state index in [1.807, 2.05) is 24.3 Å². The molecule has 2 heterocycles. The number of H-pyrrole nitrogens is 1. The van der Waals surface area contributed by atoms with Crippen LogP contribution >= 0.6 is 0 Å². The quantitative estimate of drug-likeness (QED) is 0.708. The maximum absolute atomic E-state index is 10.7. The second-order valence-corrected chi connectivity index (χ2v) is 3.80. The van der Waals surface area contributed by atoms with Crippen molar-refractivity contribution in [3.05, 3.63) is 36.3 Å². The summed E-state index contributed by atoms with van der Waals surface area (Å²) in [6, 6.07) is 7.68. The van der Waals surface area contributed by atoms with E-state index >= 15 is 0 Å². The molecule has 0 amide bonds. The third-order valence-corrected chi connectivity index (χ3v) is 2.64. The number of aromatic nitrogens is 5. The standard InChI is InChI=1S/C11H9N5O2/c17-11(18)5-10-13-14-15-16(10)9-6-12-8-4-2-1-3-7(8)9/h1-4,6,12H,5H2,(H,17,18). The van der Waals surface area contributed by atoms with Gasteiger partial charge in [0, 0.05) is 17.1 Å². The normalized spacial score (nSPS) is 10.9. The van der Waals surface area contributed by atoms with E-state index < -0.39 is 5.97 Å². The van der Waals surface area contributed by atoms with Gasteiger partial charge in [0.2, 0.25) is 0 Å². The van der Waals surface area contributed by atoms with Gasteiger partial charge in [-0.2, -0.15) is 4.68 Å². The molecule has 7 heteroatoms. The topological polar surface area (TPSA) is 96.7 Å². The Balaban J connectivity index is 2.15. The Morgan fingerprint density at radius 3 is 3.06 bits per heavy atom. The van der Waals surface area contributed by atoms with Gasteiger partial charge in [-0.15, -0.1) is 5.10 Å². The molecular formula is C11H9N5O2. The van der Waals surface area contributed by atoms with E-state index in [1.54, 1.807) is 6.20 Å². The molecule has 0 spiro atoms. The number of carboxylic acid groups (broad SMARTS) is 1. The molecule has 2 aromatic heterocycles. The second kappa shape index (κ2) is 3.95. The minimum absolute atomic E-state index is 0.216. The van der Waals surface area contributed by atoms with Crippen LogP contribution in [0.1, 0.15) is 5.82 Å². The summed E-state index contributed by atoms with van der Waals surface area (Å²) in [5.74, 6) is -0.668. The Hall–Kier alpha value is -2.70. The highest BCUT2D eigenvalue weighted by atomic mass is 16.4. The van der Waals surface area contributed by atoms with Gasteiger partial charge in [0.1, 0.15) is 6.42 Å². The number of benzene rings is 1. The van der Waals surface area contributed by atoms with Crippen molar-refractivity contribution in [2.75, 3.05) is 0 Å². The van der Waals surface area contributed by atoms with E-state index in [9.17, 15) is 4.79 Å². The van der Waals surface area contributed by atoms with Crippen LogP contribution < -0.4 is 0 Å². The lowest BCUT2D eigenvalue weighted by Gasteiger charge is -2.00. The number of carbonyl (C=O) groups is 1. The lowest BCUT2D eigenvalue weighted by Crippen LogP contribution is -2.08. The Morgan fingerprint density at radius 2 is 2.22 bits per heavy atom. The number of tetrazole rings is 1. The van der Waals surface area contributed by atoms with Gasteiger partial charge >= 0.3 is 5.97 Å². The first-order chi connectivity index (χ1) is 8.75. The maximum atomic E-state index is 10.7. The van der Waals surface area contributed by atoms with Gasteiger partial charge in [-0.05, 0) is 16.5 Å². The molecule has 0 aliphatic carbocycles. The zero-order valence-electron chi connectivity index (χ0n) is 9.24. The van der Waals surface area contributed by atoms with Crippen LogP contribution in [0.3, 0.4) is 0 Å². The molecular weight excluding hydrogens is 234 g/mol. The third kappa shape index (κ3) is 1.61. The SMILES string of the molecule is O=C(O)Cc1nnnn1-c1c[nH]c2ccccc12. The predicted molar refractivity (Wildman–Crippen MR) is 62.4 cm³/mol. The van der Waals surface area contributed by atoms with Crippen LogP contribution in [-0.4, -0.2) is 36.3 Å². The Kier molecular flexibility index (Phi) is 2.30. The number of carboxylic acids is 1. The summed E-state index contributed by atoms with van der Waals surface area (Å²) in [6.45, 7) is 0. The van der Waals surface area contributed by atoms with Crippen molar-refractivity contribution in [1.29, 1.82) is 0 Å². The number of para-hydroxylation sites is 1. The van der Waals surface area contributed by atoms with Crippen molar-refractivity contribution in [3.8, 4) is 5.69 Å². The van der Waals surface area contributed by atoms with Gasteiger partial charge in [-0.3, -0.25) is 4.79 Å². The molecule has 0 unspecified atom stereocenters. The van der Waals surface area contributed by atoms with Crippen molar-refractivity contribution in [1.82, 2.24) is 25.2 Å². The molecule has 2 N–H and O–H groups in total. The summed E-state index contributed by atoms with van der Waals surface area (Å²) in [7, 11) is 0. The van der Waals surface area contributed by atoms with Crippen LogP contribution in [0, 0.1) is 0 Å². The fraction of sp³-hybridized carbons (Fsp3) is 0.0909. The molecule has 0 bridgehead atoms. The van der Waals surface area contributed by atoms with E-state index in [0.717, 1.165) is 16.6 Å². The van der Waals surface area contributed by atoms with Crippen LogP contribution in [0.2, 0.25) is 0 Å². The van der Waals surface area contributed by atoms with Crippen molar-refractivity contribution in [2.24, 2.45) is 0 Å². The highest BCUT2D eigenvalue weighted by molar-refractivity contribution is 5.88. The Bertz CT molecular complexity index is 715. The minimum atomic E-state index is -0.967. The zero-order valence-corrected chi connectivity index (χ0v) is 9.24. The number of nitrogens with zero attached hydrogens (tertiary/aromatic N) is 4. The third-order valence-electron chi connectivity index (χ3n) is 2.64. The molecule has 18 heavy (non-hydrogen) atoms. The van der Waals surface area contributed by atoms with Crippen LogP contribution in [-0.2, 0) is 11.2 Å². The molecule has 90 valence electrons. The lowest BCUT2D eigenvalue weighted by molar-refractivity contribution is -0.136. The molecule has 0 saturated carbocycles. The first-order valence-electron chi connectivity index (χ1n) is 5.31. The van der Waals surface area contributed by atoms with Gasteiger partial charge in [-0.25, -0.2) is 0 Å². The summed E-state index contributed by atoms with van der Waals surface area (Å²) in [5, 5.41) is 20.8. The maximum Gasteiger partial charge on any atom is 0.311 e. The van der Waals surface area contributed by atoms with Crippen molar-refractivity contribution in [3.63, 3.8) is 0 Å². The molecule has 7 nitrogen and oxygen atoms in total. The fourth-order valence-electron chi connectivity index (χ4n) is 1.87. The lowest BCUT2D eigenvalue weighted by atomic mass is 10.2. The number of fused-ring (bicyclic) bond motifs is 1. The number of aliphatic carboxylic acids is 1. The molecule has 0 aliphatic rings. The van der Waals surface area contributed by atoms with Gasteiger partial charge in [0.05, 0.1) is 5.69 Å². The van der Waals surface area contributed by atoms with Crippen LogP contribution in [0.4, 0.5) is 0 Å². The van der Waals surface area contributed by atoms with Gasteiger partial charge < -0.3 is 10.1 Å². The second-order valence-electron chi connectivity index (χ2n) is 3.80. The van der Waals surface area contributed by atoms with Crippen LogP contribution in [0.25, 0.3) is 16.6 Å². The van der Waals surface area contributed by atoms with Crippen LogP contribution in [0.15, 0.2) is 30.5 Å². The van der Waals surface area contributed by atoms with Gasteiger partial charge in [-0.1, -0.05) is 18.2 Å². The molecule has 0 atom stereocenters. The van der Waals surface area contributed by atoms with E-state index in [0.29, 0.717) is 5.82 Å². The van der Waals surface area contributed by atoms with E-state index in [4.69, 9.17) is 5.11 Å². The summed E-state index contributed by atoms with van der Waals surface area (Å²) in [6.07, 6.45) is 1.54. The average molecular weight is 243 g/mol. The minimum Gasteiger partial charge on any atom is -0.481 e. The van der Waals surface area contributed by atoms with E-state index in [2.05, 4.69) is 20.5 Å². The number of rotatable bonds is 3. The summed E-state index contributed by atoms with van der Waals surface area (Å²) in [5.41, 5.74) is 1.69. The number of hydrogen-bond donors (Lipinski definition) is 2. The van der Waals surface area contributed by atoms with E-state index in [-0.39, 0.29) is 6.42 Å². The molecule has 3 aromatic rings. The average Bonchev–Trinajstić information content (AvgIpc) is 2.94. The summed E-state index contributed by atoms with van der Waals surface area (Å²) < 4.78 is 1.44. The Morgan fingerprint density at radius 1 is 1.39 bits per heavy atom.